The Morgan fingerprint density at radius 3 is 2.09 bits per heavy atom. The lowest BCUT2D eigenvalue weighted by Crippen LogP contribution is -2.37. The molecule has 1 unspecified atom stereocenters. The van der Waals surface area contributed by atoms with E-state index in [1.165, 1.54) is 5.56 Å². The van der Waals surface area contributed by atoms with Crippen molar-refractivity contribution in [2.24, 2.45) is 0 Å². The topological polar surface area (TPSA) is 58.4 Å². The number of halogens is 2. The number of anilines is 3. The predicted molar refractivity (Wildman–Crippen MR) is 142 cm³/mol. The third kappa shape index (κ3) is 5.45. The monoisotopic (exact) mass is 483 g/mol. The van der Waals surface area contributed by atoms with Crippen LogP contribution in [-0.4, -0.2) is 6.03 Å². The van der Waals surface area contributed by atoms with Crippen LogP contribution < -0.4 is 16.0 Å². The summed E-state index contributed by atoms with van der Waals surface area (Å²) in [6, 6.07) is 16.9. The molecule has 0 saturated carbocycles. The number of benzene rings is 3. The van der Waals surface area contributed by atoms with Crippen molar-refractivity contribution in [3.05, 3.63) is 86.9 Å². The van der Waals surface area contributed by atoms with Crippen molar-refractivity contribution in [3.8, 4) is 0 Å². The van der Waals surface area contributed by atoms with E-state index in [0.29, 0.717) is 34.3 Å². The van der Waals surface area contributed by atoms with Gasteiger partial charge in [0.1, 0.15) is 0 Å². The molecule has 0 aliphatic carbocycles. The zero-order valence-corrected chi connectivity index (χ0v) is 21.1. The summed E-state index contributed by atoms with van der Waals surface area (Å²) in [5, 5.41) is 4.37. The van der Waals surface area contributed by atoms with Crippen LogP contribution in [0.5, 0.6) is 0 Å². The van der Waals surface area contributed by atoms with E-state index in [0.717, 1.165) is 28.8 Å². The third-order valence-corrected chi connectivity index (χ3v) is 6.63. The molecule has 6 heteroatoms. The van der Waals surface area contributed by atoms with Crippen LogP contribution in [0, 0.1) is 0 Å². The van der Waals surface area contributed by atoms with Gasteiger partial charge in [-0.25, -0.2) is 4.79 Å². The van der Waals surface area contributed by atoms with Gasteiger partial charge >= 0.3 is 6.03 Å². The fourth-order valence-corrected chi connectivity index (χ4v) is 4.57. The first-order valence-corrected chi connectivity index (χ1v) is 12.1. The lowest BCUT2D eigenvalue weighted by Gasteiger charge is -2.31. The van der Waals surface area contributed by atoms with E-state index in [9.17, 15) is 4.79 Å². The number of hydrogen-bond donors (Lipinski definition) is 2. The highest BCUT2D eigenvalue weighted by atomic mass is 35.5. The van der Waals surface area contributed by atoms with Gasteiger partial charge in [-0.05, 0) is 78.8 Å². The van der Waals surface area contributed by atoms with Crippen molar-refractivity contribution in [1.82, 2.24) is 0 Å². The van der Waals surface area contributed by atoms with Crippen LogP contribution >= 0.6 is 23.2 Å². The minimum absolute atomic E-state index is 0.235. The molecule has 174 valence electrons. The largest absolute Gasteiger partial charge is 0.398 e. The number of carbonyl (C=O) groups excluding carboxylic acids is 1. The van der Waals surface area contributed by atoms with E-state index in [-0.39, 0.29) is 12.1 Å². The highest BCUT2D eigenvalue weighted by molar-refractivity contribution is 6.32. The number of nitrogen functional groups attached to an aromatic ring is 1. The molecule has 3 aromatic carbocycles. The quantitative estimate of drug-likeness (QED) is 0.333. The summed E-state index contributed by atoms with van der Waals surface area (Å²) in [6.07, 6.45) is 2.30. The molecule has 3 rings (SSSR count). The van der Waals surface area contributed by atoms with Crippen molar-refractivity contribution in [2.75, 3.05) is 16.0 Å². The minimum Gasteiger partial charge on any atom is -0.398 e. The van der Waals surface area contributed by atoms with E-state index >= 15 is 0 Å². The fourth-order valence-electron chi connectivity index (χ4n) is 4.10. The summed E-state index contributed by atoms with van der Waals surface area (Å²) in [6.45, 7) is 8.15. The number of urea groups is 1. The molecule has 1 atom stereocenters. The molecule has 0 fully saturated rings. The second-order valence-corrected chi connectivity index (χ2v) is 8.88. The van der Waals surface area contributed by atoms with E-state index in [1.807, 2.05) is 57.2 Å². The highest BCUT2D eigenvalue weighted by Gasteiger charge is 2.26. The first-order chi connectivity index (χ1) is 15.8. The number of aryl methyl sites for hydroxylation is 1. The molecule has 33 heavy (non-hydrogen) atoms. The summed E-state index contributed by atoms with van der Waals surface area (Å²) in [5.41, 5.74) is 12.3. The number of carbonyl (C=O) groups is 1. The Morgan fingerprint density at radius 2 is 1.55 bits per heavy atom. The molecule has 0 aliphatic rings. The smallest absolute Gasteiger partial charge is 0.326 e. The number of nitrogens with zero attached hydrogens (tertiary/aromatic N) is 1. The second-order valence-electron chi connectivity index (χ2n) is 8.03. The Labute approximate surface area is 206 Å². The molecule has 3 aromatic rings. The van der Waals surface area contributed by atoms with Crippen LogP contribution in [0.15, 0.2) is 54.6 Å². The number of hydrogen-bond acceptors (Lipinski definition) is 2. The molecule has 0 spiro atoms. The van der Waals surface area contributed by atoms with Gasteiger partial charge in [0.15, 0.2) is 0 Å². The standard InChI is InChI=1S/C27H31Cl2N3O/c1-5-18-8-14-21(15-9-18)32(17(4)19-10-12-20(28)13-11-19)27(33)31-26-22(6-2)24(29)16-25(30)23(26)7-3/h8-17H,5-7,30H2,1-4H3,(H,31,33). The van der Waals surface area contributed by atoms with Crippen molar-refractivity contribution < 1.29 is 4.79 Å². The van der Waals surface area contributed by atoms with Gasteiger partial charge in [-0.2, -0.15) is 0 Å². The first kappa shape index (κ1) is 24.9. The average molecular weight is 484 g/mol. The van der Waals surface area contributed by atoms with E-state index in [2.05, 4.69) is 24.4 Å². The predicted octanol–water partition coefficient (Wildman–Crippen LogP) is 8.06. The Kier molecular flexibility index (Phi) is 8.28. The van der Waals surface area contributed by atoms with Crippen LogP contribution in [0.2, 0.25) is 10.0 Å². The van der Waals surface area contributed by atoms with Crippen LogP contribution in [0.4, 0.5) is 21.9 Å². The maximum absolute atomic E-state index is 13.8. The Morgan fingerprint density at radius 1 is 0.939 bits per heavy atom. The lowest BCUT2D eigenvalue weighted by atomic mass is 10.0. The Bertz CT molecular complexity index is 1080. The van der Waals surface area contributed by atoms with Gasteiger partial charge in [0, 0.05) is 21.4 Å². The molecule has 3 N–H and O–H groups in total. The van der Waals surface area contributed by atoms with Crippen LogP contribution in [0.1, 0.15) is 56.0 Å². The van der Waals surface area contributed by atoms with Crippen molar-refractivity contribution >= 4 is 46.3 Å². The van der Waals surface area contributed by atoms with E-state index in [4.69, 9.17) is 28.9 Å². The third-order valence-electron chi connectivity index (χ3n) is 6.04. The maximum Gasteiger partial charge on any atom is 0.326 e. The summed E-state index contributed by atoms with van der Waals surface area (Å²) in [7, 11) is 0. The second kappa shape index (κ2) is 11.0. The lowest BCUT2D eigenvalue weighted by molar-refractivity contribution is 0.255. The van der Waals surface area contributed by atoms with Crippen LogP contribution in [-0.2, 0) is 19.3 Å². The molecular formula is C27H31Cl2N3O. The van der Waals surface area contributed by atoms with Crippen molar-refractivity contribution in [3.63, 3.8) is 0 Å². The summed E-state index contributed by atoms with van der Waals surface area (Å²) >= 11 is 12.6. The van der Waals surface area contributed by atoms with Gasteiger partial charge < -0.3 is 11.1 Å². The normalized spacial score (nSPS) is 11.8. The number of nitrogens with one attached hydrogen (secondary N) is 1. The number of rotatable bonds is 7. The summed E-state index contributed by atoms with van der Waals surface area (Å²) in [5.74, 6) is 0. The zero-order valence-electron chi connectivity index (χ0n) is 19.6. The van der Waals surface area contributed by atoms with Gasteiger partial charge in [0.05, 0.1) is 11.7 Å². The molecule has 0 bridgehead atoms. The molecule has 0 saturated heterocycles. The van der Waals surface area contributed by atoms with E-state index < -0.39 is 0 Å². The summed E-state index contributed by atoms with van der Waals surface area (Å²) < 4.78 is 0. The average Bonchev–Trinajstić information content (AvgIpc) is 2.80. The van der Waals surface area contributed by atoms with E-state index in [1.54, 1.807) is 11.0 Å². The molecular weight excluding hydrogens is 453 g/mol. The molecule has 2 amide bonds. The van der Waals surface area contributed by atoms with Gasteiger partial charge in [0.2, 0.25) is 0 Å². The molecule has 4 nitrogen and oxygen atoms in total. The fraction of sp³-hybridized carbons (Fsp3) is 0.296. The first-order valence-electron chi connectivity index (χ1n) is 11.3. The van der Waals surface area contributed by atoms with Crippen molar-refractivity contribution in [1.29, 1.82) is 0 Å². The Balaban J connectivity index is 2.07. The molecule has 0 heterocycles. The Hall–Kier alpha value is -2.69. The van der Waals surface area contributed by atoms with Gasteiger partial charge in [-0.1, -0.05) is 68.2 Å². The van der Waals surface area contributed by atoms with Crippen LogP contribution in [0.3, 0.4) is 0 Å². The molecule has 0 aromatic heterocycles. The van der Waals surface area contributed by atoms with Crippen LogP contribution in [0.25, 0.3) is 0 Å². The minimum atomic E-state index is -0.243. The van der Waals surface area contributed by atoms with Gasteiger partial charge in [0.25, 0.3) is 0 Å². The highest BCUT2D eigenvalue weighted by Crippen LogP contribution is 2.36. The number of nitrogens with two attached hydrogens (primary N) is 1. The zero-order chi connectivity index (χ0) is 24.1. The molecule has 0 radical (unpaired) electrons. The van der Waals surface area contributed by atoms with Crippen molar-refractivity contribution in [2.45, 2.75) is 53.0 Å². The maximum atomic E-state index is 13.8. The summed E-state index contributed by atoms with van der Waals surface area (Å²) in [4.78, 5) is 15.6. The van der Waals surface area contributed by atoms with Gasteiger partial charge in [-0.3, -0.25) is 4.90 Å². The van der Waals surface area contributed by atoms with Gasteiger partial charge in [-0.15, -0.1) is 0 Å². The molecule has 0 aliphatic heterocycles. The number of amides is 2. The SMILES string of the molecule is CCc1ccc(N(C(=O)Nc2c(CC)c(N)cc(Cl)c2CC)C(C)c2ccc(Cl)cc2)cc1.